The van der Waals surface area contributed by atoms with Crippen LogP contribution in [0.15, 0.2) is 42.5 Å². The number of carbonyl (C=O) groups is 1. The molecule has 1 aliphatic heterocycles. The first-order valence-electron chi connectivity index (χ1n) is 6.72. The summed E-state index contributed by atoms with van der Waals surface area (Å²) in [5, 5.41) is 5.05. The smallest absolute Gasteiger partial charge is 0.252 e. The van der Waals surface area contributed by atoms with Gasteiger partial charge in [0.2, 0.25) is 0 Å². The largest absolute Gasteiger partial charge is 0.376 e. The molecular weight excluding hydrogens is 238 g/mol. The van der Waals surface area contributed by atoms with Gasteiger partial charge in [0.1, 0.15) is 0 Å². The van der Waals surface area contributed by atoms with Crippen molar-refractivity contribution in [2.75, 3.05) is 13.2 Å². The Balaban J connectivity index is 1.77. The normalized spacial score (nSPS) is 18.6. The molecule has 1 atom stereocenters. The molecule has 1 amide bonds. The first-order valence-corrected chi connectivity index (χ1v) is 6.72. The zero-order valence-corrected chi connectivity index (χ0v) is 10.8. The molecule has 3 rings (SSSR count). The Kier molecular flexibility index (Phi) is 3.47. The molecule has 3 heteroatoms. The lowest BCUT2D eigenvalue weighted by Crippen LogP contribution is -2.31. The van der Waals surface area contributed by atoms with E-state index in [-0.39, 0.29) is 12.0 Å². The second-order valence-corrected chi connectivity index (χ2v) is 4.87. The Morgan fingerprint density at radius 2 is 2.05 bits per heavy atom. The number of carbonyl (C=O) groups excluding carboxylic acids is 1. The molecule has 1 saturated heterocycles. The fourth-order valence-electron chi connectivity index (χ4n) is 2.53. The highest BCUT2D eigenvalue weighted by Crippen LogP contribution is 2.18. The molecule has 0 saturated carbocycles. The summed E-state index contributed by atoms with van der Waals surface area (Å²) in [7, 11) is 0. The van der Waals surface area contributed by atoms with E-state index in [0.717, 1.165) is 35.8 Å². The van der Waals surface area contributed by atoms with E-state index in [4.69, 9.17) is 4.74 Å². The van der Waals surface area contributed by atoms with E-state index in [9.17, 15) is 4.79 Å². The molecule has 1 heterocycles. The molecule has 0 unspecified atom stereocenters. The van der Waals surface area contributed by atoms with Gasteiger partial charge >= 0.3 is 0 Å². The van der Waals surface area contributed by atoms with Crippen LogP contribution in [0.4, 0.5) is 0 Å². The average molecular weight is 255 g/mol. The summed E-state index contributed by atoms with van der Waals surface area (Å²) in [4.78, 5) is 12.2. The van der Waals surface area contributed by atoms with Gasteiger partial charge < -0.3 is 10.1 Å². The molecular formula is C16H17NO2. The quantitative estimate of drug-likeness (QED) is 0.915. The molecule has 0 spiro atoms. The minimum atomic E-state index is -0.0210. The molecule has 0 bridgehead atoms. The van der Waals surface area contributed by atoms with Crippen molar-refractivity contribution in [2.45, 2.75) is 18.9 Å². The highest BCUT2D eigenvalue weighted by Gasteiger charge is 2.17. The highest BCUT2D eigenvalue weighted by molar-refractivity contribution is 6.06. The van der Waals surface area contributed by atoms with Gasteiger partial charge in [-0.25, -0.2) is 0 Å². The summed E-state index contributed by atoms with van der Waals surface area (Å²) < 4.78 is 5.51. The van der Waals surface area contributed by atoms with Gasteiger partial charge in [0.15, 0.2) is 0 Å². The Bertz CT molecular complexity index is 583. The van der Waals surface area contributed by atoms with Crippen LogP contribution in [-0.4, -0.2) is 25.2 Å². The lowest BCUT2D eigenvalue weighted by Gasteiger charge is -2.12. The summed E-state index contributed by atoms with van der Waals surface area (Å²) in [5.41, 5.74) is 0.732. The number of fused-ring (bicyclic) bond motifs is 1. The summed E-state index contributed by atoms with van der Waals surface area (Å²) >= 11 is 0. The predicted molar refractivity (Wildman–Crippen MR) is 75.3 cm³/mol. The van der Waals surface area contributed by atoms with Crippen LogP contribution in [-0.2, 0) is 4.74 Å². The standard InChI is InChI=1S/C16H17NO2/c18-16(17-11-13-7-4-10-19-13)15-9-3-6-12-5-1-2-8-14(12)15/h1-3,5-6,8-9,13H,4,7,10-11H2,(H,17,18)/t13-/m0/s1. The van der Waals surface area contributed by atoms with Crippen molar-refractivity contribution in [2.24, 2.45) is 0 Å². The predicted octanol–water partition coefficient (Wildman–Crippen LogP) is 2.75. The highest BCUT2D eigenvalue weighted by atomic mass is 16.5. The molecule has 1 N–H and O–H groups in total. The fourth-order valence-corrected chi connectivity index (χ4v) is 2.53. The lowest BCUT2D eigenvalue weighted by molar-refractivity contribution is 0.0859. The van der Waals surface area contributed by atoms with Crippen LogP contribution in [0.25, 0.3) is 10.8 Å². The number of benzene rings is 2. The Labute approximate surface area is 112 Å². The summed E-state index contributed by atoms with van der Waals surface area (Å²) in [6, 6.07) is 13.8. The van der Waals surface area contributed by atoms with Crippen molar-refractivity contribution < 1.29 is 9.53 Å². The molecule has 98 valence electrons. The van der Waals surface area contributed by atoms with Crippen LogP contribution in [0.3, 0.4) is 0 Å². The number of hydrogen-bond acceptors (Lipinski definition) is 2. The van der Waals surface area contributed by atoms with Gasteiger partial charge in [-0.3, -0.25) is 4.79 Å². The molecule has 0 aromatic heterocycles. The fraction of sp³-hybridized carbons (Fsp3) is 0.312. The topological polar surface area (TPSA) is 38.3 Å². The first-order chi connectivity index (χ1) is 9.34. The zero-order chi connectivity index (χ0) is 13.1. The Hall–Kier alpha value is -1.87. The molecule has 0 radical (unpaired) electrons. The van der Waals surface area contributed by atoms with Crippen molar-refractivity contribution in [1.29, 1.82) is 0 Å². The molecule has 1 fully saturated rings. The first kappa shape index (κ1) is 12.2. The maximum atomic E-state index is 12.2. The van der Waals surface area contributed by atoms with Crippen molar-refractivity contribution in [3.05, 3.63) is 48.0 Å². The van der Waals surface area contributed by atoms with Crippen molar-refractivity contribution in [3.8, 4) is 0 Å². The van der Waals surface area contributed by atoms with E-state index in [1.807, 2.05) is 42.5 Å². The van der Waals surface area contributed by atoms with Gasteiger partial charge in [-0.05, 0) is 29.7 Å². The second kappa shape index (κ2) is 5.41. The summed E-state index contributed by atoms with van der Waals surface area (Å²) in [6.45, 7) is 1.41. The van der Waals surface area contributed by atoms with Crippen molar-refractivity contribution in [1.82, 2.24) is 5.32 Å². The molecule has 19 heavy (non-hydrogen) atoms. The monoisotopic (exact) mass is 255 g/mol. The third kappa shape index (κ3) is 2.61. The van der Waals surface area contributed by atoms with Gasteiger partial charge in [-0.1, -0.05) is 36.4 Å². The van der Waals surface area contributed by atoms with E-state index >= 15 is 0 Å². The third-order valence-corrected chi connectivity index (χ3v) is 3.55. The van der Waals surface area contributed by atoms with Crippen LogP contribution < -0.4 is 5.32 Å². The molecule has 1 aliphatic rings. The van der Waals surface area contributed by atoms with Crippen LogP contribution >= 0.6 is 0 Å². The minimum Gasteiger partial charge on any atom is -0.376 e. The van der Waals surface area contributed by atoms with E-state index in [1.54, 1.807) is 0 Å². The minimum absolute atomic E-state index is 0.0210. The lowest BCUT2D eigenvalue weighted by atomic mass is 10.0. The van der Waals surface area contributed by atoms with Crippen LogP contribution in [0, 0.1) is 0 Å². The van der Waals surface area contributed by atoms with E-state index in [2.05, 4.69) is 5.32 Å². The molecule has 2 aromatic carbocycles. The van der Waals surface area contributed by atoms with Gasteiger partial charge in [0, 0.05) is 18.7 Å². The van der Waals surface area contributed by atoms with E-state index < -0.39 is 0 Å². The maximum Gasteiger partial charge on any atom is 0.252 e. The van der Waals surface area contributed by atoms with E-state index in [0.29, 0.717) is 6.54 Å². The number of amides is 1. The Morgan fingerprint density at radius 3 is 2.89 bits per heavy atom. The SMILES string of the molecule is O=C(NC[C@@H]1CCCO1)c1cccc2ccccc12. The van der Waals surface area contributed by atoms with Crippen molar-refractivity contribution >= 4 is 16.7 Å². The Morgan fingerprint density at radius 1 is 1.21 bits per heavy atom. The molecule has 2 aromatic rings. The van der Waals surface area contributed by atoms with E-state index in [1.165, 1.54) is 0 Å². The van der Waals surface area contributed by atoms with Crippen molar-refractivity contribution in [3.63, 3.8) is 0 Å². The average Bonchev–Trinajstić information content (AvgIpc) is 2.97. The van der Waals surface area contributed by atoms with Gasteiger partial charge in [0.05, 0.1) is 6.10 Å². The van der Waals surface area contributed by atoms with Crippen LogP contribution in [0.2, 0.25) is 0 Å². The second-order valence-electron chi connectivity index (χ2n) is 4.87. The van der Waals surface area contributed by atoms with Gasteiger partial charge in [-0.2, -0.15) is 0 Å². The summed E-state index contributed by atoms with van der Waals surface area (Å²) in [5.74, 6) is -0.0210. The number of ether oxygens (including phenoxy) is 1. The van der Waals surface area contributed by atoms with Crippen LogP contribution in [0.5, 0.6) is 0 Å². The van der Waals surface area contributed by atoms with Gasteiger partial charge in [0.25, 0.3) is 5.91 Å². The molecule has 0 aliphatic carbocycles. The summed E-state index contributed by atoms with van der Waals surface area (Å²) in [6.07, 6.45) is 2.31. The van der Waals surface area contributed by atoms with Crippen LogP contribution in [0.1, 0.15) is 23.2 Å². The molecule has 3 nitrogen and oxygen atoms in total. The van der Waals surface area contributed by atoms with Gasteiger partial charge in [-0.15, -0.1) is 0 Å². The maximum absolute atomic E-state index is 12.2. The zero-order valence-electron chi connectivity index (χ0n) is 10.8. The third-order valence-electron chi connectivity index (χ3n) is 3.55. The number of nitrogens with one attached hydrogen (secondary N) is 1. The number of rotatable bonds is 3. The number of hydrogen-bond donors (Lipinski definition) is 1.